The summed E-state index contributed by atoms with van der Waals surface area (Å²) in [5.74, 6) is 0. The molecule has 0 aliphatic rings. The molecule has 0 bridgehead atoms. The fraction of sp³-hybridized carbons (Fsp3) is 0.429. The molecule has 58 valence electrons. The summed E-state index contributed by atoms with van der Waals surface area (Å²) in [6, 6.07) is 0. The highest BCUT2D eigenvalue weighted by Gasteiger charge is 1.94. The largest absolute Gasteiger partial charge is 0.387 e. The van der Waals surface area contributed by atoms with Gasteiger partial charge >= 0.3 is 0 Å². The second-order valence-electron chi connectivity index (χ2n) is 1.75. The second kappa shape index (κ2) is 4.85. The van der Waals surface area contributed by atoms with Crippen LogP contribution in [0, 0.1) is 0 Å². The Morgan fingerprint density at radius 3 is 2.40 bits per heavy atom. The second-order valence-corrected chi connectivity index (χ2v) is 1.75. The topological polar surface area (TPSA) is 24.1 Å². The Hall–Kier alpha value is -0.990. The molecule has 0 rings (SSSR count). The van der Waals surface area contributed by atoms with Crippen molar-refractivity contribution in [2.24, 2.45) is 0 Å². The van der Waals surface area contributed by atoms with Crippen LogP contribution in [-0.4, -0.2) is 20.8 Å². The number of hydrogen-bond donors (Lipinski definition) is 2. The molecule has 0 spiro atoms. The first-order valence-corrected chi connectivity index (χ1v) is 3.07. The third-order valence-electron chi connectivity index (χ3n) is 1.18. The van der Waals surface area contributed by atoms with Crippen LogP contribution in [0.4, 0.5) is 4.39 Å². The van der Waals surface area contributed by atoms with Crippen LogP contribution in [0.5, 0.6) is 0 Å². The molecule has 0 fully saturated rings. The van der Waals surface area contributed by atoms with Gasteiger partial charge in [-0.25, -0.2) is 4.39 Å². The third kappa shape index (κ3) is 2.53. The van der Waals surface area contributed by atoms with Gasteiger partial charge in [-0.1, -0.05) is 6.58 Å². The van der Waals surface area contributed by atoms with Crippen molar-refractivity contribution in [2.75, 3.05) is 20.8 Å². The van der Waals surface area contributed by atoms with Gasteiger partial charge in [0.05, 0.1) is 5.70 Å². The molecule has 0 aromatic carbocycles. The Labute approximate surface area is 60.8 Å². The molecule has 0 aliphatic carbocycles. The normalized spacial score (nSPS) is 10.9. The average molecular weight is 144 g/mol. The molecule has 0 unspecified atom stereocenters. The molecule has 3 heteroatoms. The van der Waals surface area contributed by atoms with E-state index in [1.807, 2.05) is 0 Å². The van der Waals surface area contributed by atoms with Crippen LogP contribution in [0.15, 0.2) is 24.0 Å². The zero-order valence-electron chi connectivity index (χ0n) is 6.37. The summed E-state index contributed by atoms with van der Waals surface area (Å²) in [6.45, 7) is 3.18. The summed E-state index contributed by atoms with van der Waals surface area (Å²) < 4.78 is 11.7. The molecule has 0 atom stereocenters. The quantitative estimate of drug-likeness (QED) is 0.570. The molecule has 0 aromatic rings. The summed E-state index contributed by atoms with van der Waals surface area (Å²) in [4.78, 5) is 0. The van der Waals surface area contributed by atoms with Crippen LogP contribution in [0.1, 0.15) is 0 Å². The summed E-state index contributed by atoms with van der Waals surface area (Å²) in [7, 11) is 3.47. The maximum atomic E-state index is 11.7. The predicted molar refractivity (Wildman–Crippen MR) is 41.3 cm³/mol. The van der Waals surface area contributed by atoms with Crippen LogP contribution in [-0.2, 0) is 0 Å². The molecule has 10 heavy (non-hydrogen) atoms. The highest BCUT2D eigenvalue weighted by Crippen LogP contribution is 1.97. The number of halogens is 1. The van der Waals surface area contributed by atoms with E-state index in [2.05, 4.69) is 17.2 Å². The molecule has 0 aliphatic heterocycles. The molecule has 0 amide bonds. The average Bonchev–Trinajstić information content (AvgIpc) is 1.99. The van der Waals surface area contributed by atoms with Gasteiger partial charge in [-0.15, -0.1) is 0 Å². The highest BCUT2D eigenvalue weighted by atomic mass is 19.1. The lowest BCUT2D eigenvalue weighted by molar-refractivity contribution is 0.558. The summed E-state index contributed by atoms with van der Waals surface area (Å²) in [5.41, 5.74) is 1.39. The molecule has 2 N–H and O–H groups in total. The monoisotopic (exact) mass is 144 g/mol. The number of nitrogens with one attached hydrogen (secondary N) is 2. The van der Waals surface area contributed by atoms with Crippen molar-refractivity contribution in [3.63, 3.8) is 0 Å². The van der Waals surface area contributed by atoms with E-state index in [1.54, 1.807) is 14.1 Å². The lowest BCUT2D eigenvalue weighted by atomic mass is 10.3. The van der Waals surface area contributed by atoms with Gasteiger partial charge in [-0.2, -0.15) is 0 Å². The van der Waals surface area contributed by atoms with Crippen LogP contribution >= 0.6 is 0 Å². The minimum Gasteiger partial charge on any atom is -0.387 e. The van der Waals surface area contributed by atoms with E-state index < -0.39 is 6.67 Å². The smallest absolute Gasteiger partial charge is 0.110 e. The van der Waals surface area contributed by atoms with Crippen molar-refractivity contribution < 1.29 is 4.39 Å². The number of allylic oxidation sites excluding steroid dienone is 1. The standard InChI is InChI=1S/C7H13FN2/c1-6(9-2)7(10-3)4-5-8/h4,9-10H,1,5H2,2-3H3/b7-4+. The molecule has 0 saturated carbocycles. The zero-order valence-corrected chi connectivity index (χ0v) is 6.37. The fourth-order valence-electron chi connectivity index (χ4n) is 0.588. The summed E-state index contributed by atoms with van der Waals surface area (Å²) in [6.07, 6.45) is 1.43. The number of alkyl halides is 1. The Kier molecular flexibility index (Phi) is 4.37. The predicted octanol–water partition coefficient (Wildman–Crippen LogP) is 0.792. The first-order chi connectivity index (χ1) is 4.76. The van der Waals surface area contributed by atoms with Crippen molar-refractivity contribution in [2.45, 2.75) is 0 Å². The lowest BCUT2D eigenvalue weighted by Crippen LogP contribution is -2.16. The van der Waals surface area contributed by atoms with E-state index in [-0.39, 0.29) is 0 Å². The zero-order chi connectivity index (χ0) is 7.98. The van der Waals surface area contributed by atoms with Gasteiger partial charge in [0.25, 0.3) is 0 Å². The van der Waals surface area contributed by atoms with Gasteiger partial charge in [0, 0.05) is 19.8 Å². The third-order valence-corrected chi connectivity index (χ3v) is 1.18. The van der Waals surface area contributed by atoms with E-state index in [4.69, 9.17) is 0 Å². The molecular weight excluding hydrogens is 131 g/mol. The number of rotatable bonds is 4. The van der Waals surface area contributed by atoms with Crippen LogP contribution < -0.4 is 10.6 Å². The Balaban J connectivity index is 4.06. The number of likely N-dealkylation sites (N-methyl/N-ethyl adjacent to an activating group) is 2. The van der Waals surface area contributed by atoms with E-state index in [9.17, 15) is 4.39 Å². The molecule has 0 saturated heterocycles. The van der Waals surface area contributed by atoms with Gasteiger partial charge in [-0.05, 0) is 6.08 Å². The van der Waals surface area contributed by atoms with E-state index in [0.29, 0.717) is 11.4 Å². The van der Waals surface area contributed by atoms with Crippen molar-refractivity contribution in [3.8, 4) is 0 Å². The maximum absolute atomic E-state index is 11.7. The number of hydrogen-bond acceptors (Lipinski definition) is 2. The van der Waals surface area contributed by atoms with Crippen LogP contribution in [0.25, 0.3) is 0 Å². The van der Waals surface area contributed by atoms with E-state index >= 15 is 0 Å². The molecule has 2 nitrogen and oxygen atoms in total. The van der Waals surface area contributed by atoms with Crippen molar-refractivity contribution in [1.29, 1.82) is 0 Å². The lowest BCUT2D eigenvalue weighted by Gasteiger charge is -2.07. The minimum atomic E-state index is -0.475. The Morgan fingerprint density at radius 2 is 2.10 bits per heavy atom. The van der Waals surface area contributed by atoms with Crippen LogP contribution in [0.3, 0.4) is 0 Å². The van der Waals surface area contributed by atoms with Gasteiger partial charge in [-0.3, -0.25) is 0 Å². The van der Waals surface area contributed by atoms with Crippen LogP contribution in [0.2, 0.25) is 0 Å². The van der Waals surface area contributed by atoms with Gasteiger partial charge in [0.15, 0.2) is 0 Å². The molecule has 0 heterocycles. The van der Waals surface area contributed by atoms with Crippen molar-refractivity contribution in [1.82, 2.24) is 10.6 Å². The summed E-state index contributed by atoms with van der Waals surface area (Å²) in [5, 5.41) is 5.62. The van der Waals surface area contributed by atoms with Crippen molar-refractivity contribution in [3.05, 3.63) is 24.0 Å². The summed E-state index contributed by atoms with van der Waals surface area (Å²) >= 11 is 0. The van der Waals surface area contributed by atoms with Gasteiger partial charge in [0.1, 0.15) is 6.67 Å². The van der Waals surface area contributed by atoms with Crippen molar-refractivity contribution >= 4 is 0 Å². The molecule has 0 radical (unpaired) electrons. The first kappa shape index (κ1) is 9.01. The molecule has 0 aromatic heterocycles. The maximum Gasteiger partial charge on any atom is 0.110 e. The van der Waals surface area contributed by atoms with E-state index in [0.717, 1.165) is 0 Å². The van der Waals surface area contributed by atoms with Gasteiger partial charge in [0.2, 0.25) is 0 Å². The van der Waals surface area contributed by atoms with E-state index in [1.165, 1.54) is 6.08 Å². The first-order valence-electron chi connectivity index (χ1n) is 3.07. The molecular formula is C7H13FN2. The minimum absolute atomic E-state index is 0.475. The highest BCUT2D eigenvalue weighted by molar-refractivity contribution is 5.24. The van der Waals surface area contributed by atoms with Gasteiger partial charge < -0.3 is 10.6 Å². The Bertz CT molecular complexity index is 141. The SMILES string of the molecule is C=C(NC)/C(=C\CF)NC. The fourth-order valence-corrected chi connectivity index (χ4v) is 0.588. The Morgan fingerprint density at radius 1 is 1.50 bits per heavy atom.